The lowest BCUT2D eigenvalue weighted by atomic mass is 10.0. The maximum atomic E-state index is 5.82. The number of nitrogens with one attached hydrogen (secondary N) is 1. The molecular formula is C15H18BrClN2. The Morgan fingerprint density at radius 3 is 2.89 bits per heavy atom. The topological polar surface area (TPSA) is 24.9 Å². The largest absolute Gasteiger partial charge is 0.369 e. The minimum atomic E-state index is 0.599. The second kappa shape index (κ2) is 7.11. The van der Waals surface area contributed by atoms with Crippen molar-refractivity contribution in [1.29, 1.82) is 0 Å². The van der Waals surface area contributed by atoms with Gasteiger partial charge in [0.05, 0.1) is 0 Å². The van der Waals surface area contributed by atoms with E-state index in [1.54, 1.807) is 0 Å². The summed E-state index contributed by atoms with van der Waals surface area (Å²) in [7, 11) is 0. The van der Waals surface area contributed by atoms with Gasteiger partial charge in [-0.1, -0.05) is 41.4 Å². The Morgan fingerprint density at radius 1 is 1.32 bits per heavy atom. The van der Waals surface area contributed by atoms with E-state index in [1.807, 2.05) is 18.3 Å². The fraction of sp³-hybridized carbons (Fsp3) is 0.400. The van der Waals surface area contributed by atoms with Gasteiger partial charge >= 0.3 is 0 Å². The third kappa shape index (κ3) is 3.61. The molecule has 0 radical (unpaired) electrons. The first-order valence-electron chi connectivity index (χ1n) is 6.59. The third-order valence-corrected chi connectivity index (χ3v) is 4.32. The van der Waals surface area contributed by atoms with E-state index in [1.165, 1.54) is 5.39 Å². The molecule has 1 aromatic carbocycles. The zero-order valence-electron chi connectivity index (χ0n) is 11.0. The normalized spacial score (nSPS) is 12.6. The van der Waals surface area contributed by atoms with Crippen molar-refractivity contribution in [2.24, 2.45) is 5.92 Å². The van der Waals surface area contributed by atoms with Crippen LogP contribution in [0, 0.1) is 5.92 Å². The van der Waals surface area contributed by atoms with Crippen molar-refractivity contribution in [2.45, 2.75) is 19.8 Å². The number of fused-ring (bicyclic) bond motifs is 1. The number of aromatic nitrogens is 1. The molecule has 1 atom stereocenters. The van der Waals surface area contributed by atoms with Gasteiger partial charge in [-0.3, -0.25) is 0 Å². The molecule has 0 aliphatic heterocycles. The number of pyridine rings is 1. The lowest BCUT2D eigenvalue weighted by molar-refractivity contribution is 0.521. The smallest absolute Gasteiger partial charge is 0.133 e. The van der Waals surface area contributed by atoms with E-state index >= 15 is 0 Å². The van der Waals surface area contributed by atoms with Gasteiger partial charge in [0.15, 0.2) is 0 Å². The van der Waals surface area contributed by atoms with E-state index in [0.717, 1.165) is 35.1 Å². The van der Waals surface area contributed by atoms with Crippen LogP contribution in [0.1, 0.15) is 19.8 Å². The summed E-state index contributed by atoms with van der Waals surface area (Å²) in [6, 6.07) is 8.21. The third-order valence-electron chi connectivity index (χ3n) is 3.41. The molecule has 0 aliphatic rings. The van der Waals surface area contributed by atoms with Crippen molar-refractivity contribution in [2.75, 3.05) is 17.7 Å². The van der Waals surface area contributed by atoms with Crippen LogP contribution in [0.25, 0.3) is 10.8 Å². The molecule has 1 N–H and O–H groups in total. The van der Waals surface area contributed by atoms with Crippen molar-refractivity contribution in [1.82, 2.24) is 4.98 Å². The molecule has 1 heterocycles. The number of benzene rings is 1. The Bertz CT molecular complexity index is 545. The second-order valence-corrected chi connectivity index (χ2v) is 5.86. The average Bonchev–Trinajstić information content (AvgIpc) is 2.44. The predicted octanol–water partition coefficient (Wildman–Crippen LogP) is 5.06. The SMILES string of the molecule is CCC(CCCl)CNc1nccc2c(Br)cccc12. The number of hydrogen-bond donors (Lipinski definition) is 1. The van der Waals surface area contributed by atoms with Crippen molar-refractivity contribution < 1.29 is 0 Å². The monoisotopic (exact) mass is 340 g/mol. The van der Waals surface area contributed by atoms with E-state index in [0.29, 0.717) is 11.8 Å². The molecule has 0 saturated heterocycles. The average molecular weight is 342 g/mol. The summed E-state index contributed by atoms with van der Waals surface area (Å²) in [5.74, 6) is 2.27. The molecule has 0 fully saturated rings. The molecule has 0 spiro atoms. The molecule has 0 bridgehead atoms. The second-order valence-electron chi connectivity index (χ2n) is 4.63. The van der Waals surface area contributed by atoms with Crippen LogP contribution in [-0.2, 0) is 0 Å². The molecule has 2 rings (SSSR count). The lowest BCUT2D eigenvalue weighted by Gasteiger charge is -2.16. The Labute approximate surface area is 127 Å². The molecule has 102 valence electrons. The summed E-state index contributed by atoms with van der Waals surface area (Å²) in [4.78, 5) is 4.45. The Balaban J connectivity index is 2.19. The fourth-order valence-electron chi connectivity index (χ4n) is 2.16. The van der Waals surface area contributed by atoms with Crippen molar-refractivity contribution in [3.63, 3.8) is 0 Å². The van der Waals surface area contributed by atoms with Crippen molar-refractivity contribution >= 4 is 44.1 Å². The number of anilines is 1. The van der Waals surface area contributed by atoms with Gasteiger partial charge in [0.2, 0.25) is 0 Å². The summed E-state index contributed by atoms with van der Waals surface area (Å²) in [6.45, 7) is 3.12. The van der Waals surface area contributed by atoms with Gasteiger partial charge in [0, 0.05) is 33.9 Å². The Morgan fingerprint density at radius 2 is 2.16 bits per heavy atom. The number of hydrogen-bond acceptors (Lipinski definition) is 2. The van der Waals surface area contributed by atoms with Gasteiger partial charge in [0.25, 0.3) is 0 Å². The first kappa shape index (κ1) is 14.6. The van der Waals surface area contributed by atoms with Gasteiger partial charge in [-0.05, 0) is 24.5 Å². The van der Waals surface area contributed by atoms with Gasteiger partial charge < -0.3 is 5.32 Å². The van der Waals surface area contributed by atoms with Crippen LogP contribution in [0.15, 0.2) is 34.9 Å². The summed E-state index contributed by atoms with van der Waals surface area (Å²) >= 11 is 9.40. The molecule has 1 unspecified atom stereocenters. The van der Waals surface area contributed by atoms with Gasteiger partial charge in [-0.25, -0.2) is 4.98 Å². The van der Waals surface area contributed by atoms with Crippen molar-refractivity contribution in [3.8, 4) is 0 Å². The summed E-state index contributed by atoms with van der Waals surface area (Å²) in [6.07, 6.45) is 4.02. The predicted molar refractivity (Wildman–Crippen MR) is 87.1 cm³/mol. The van der Waals surface area contributed by atoms with Crippen molar-refractivity contribution in [3.05, 3.63) is 34.9 Å². The molecule has 0 amide bonds. The van der Waals surface area contributed by atoms with Gasteiger partial charge in [-0.15, -0.1) is 11.6 Å². The minimum absolute atomic E-state index is 0.599. The highest BCUT2D eigenvalue weighted by molar-refractivity contribution is 9.10. The molecule has 2 nitrogen and oxygen atoms in total. The Hall–Kier alpha value is -0.800. The molecule has 2 aromatic rings. The molecule has 0 saturated carbocycles. The number of halogens is 2. The van der Waals surface area contributed by atoms with Crippen LogP contribution in [0.2, 0.25) is 0 Å². The molecule has 0 aliphatic carbocycles. The van der Waals surface area contributed by atoms with E-state index in [9.17, 15) is 0 Å². The summed E-state index contributed by atoms with van der Waals surface area (Å²) in [5, 5.41) is 5.80. The molecule has 4 heteroatoms. The minimum Gasteiger partial charge on any atom is -0.369 e. The number of alkyl halides is 1. The van der Waals surface area contributed by atoms with Crippen LogP contribution in [0.4, 0.5) is 5.82 Å². The highest BCUT2D eigenvalue weighted by Crippen LogP contribution is 2.27. The van der Waals surface area contributed by atoms with E-state index < -0.39 is 0 Å². The summed E-state index contributed by atoms with van der Waals surface area (Å²) in [5.41, 5.74) is 0. The fourth-order valence-corrected chi connectivity index (χ4v) is 2.96. The van der Waals surface area contributed by atoms with E-state index in [2.05, 4.69) is 45.3 Å². The first-order valence-corrected chi connectivity index (χ1v) is 7.92. The zero-order valence-corrected chi connectivity index (χ0v) is 13.3. The standard InChI is InChI=1S/C15H18BrClN2/c1-2-11(6-8-17)10-19-15-13-4-3-5-14(16)12(13)7-9-18-15/h3-5,7,9,11H,2,6,8,10H2,1H3,(H,18,19). The Kier molecular flexibility index (Phi) is 5.46. The highest BCUT2D eigenvalue weighted by atomic mass is 79.9. The molecular weight excluding hydrogens is 324 g/mol. The quantitative estimate of drug-likeness (QED) is 0.742. The van der Waals surface area contributed by atoms with Crippen LogP contribution >= 0.6 is 27.5 Å². The maximum Gasteiger partial charge on any atom is 0.133 e. The van der Waals surface area contributed by atoms with E-state index in [-0.39, 0.29) is 0 Å². The van der Waals surface area contributed by atoms with E-state index in [4.69, 9.17) is 11.6 Å². The van der Waals surface area contributed by atoms with Crippen LogP contribution in [0.3, 0.4) is 0 Å². The summed E-state index contributed by atoms with van der Waals surface area (Å²) < 4.78 is 1.10. The zero-order chi connectivity index (χ0) is 13.7. The lowest BCUT2D eigenvalue weighted by Crippen LogP contribution is -2.15. The number of nitrogens with zero attached hydrogens (tertiary/aromatic N) is 1. The molecule has 1 aromatic heterocycles. The first-order chi connectivity index (χ1) is 9.26. The van der Waals surface area contributed by atoms with Gasteiger partial charge in [0.1, 0.15) is 5.82 Å². The number of rotatable bonds is 6. The van der Waals surface area contributed by atoms with Gasteiger partial charge in [-0.2, -0.15) is 0 Å². The van der Waals surface area contributed by atoms with Crippen LogP contribution in [0.5, 0.6) is 0 Å². The van der Waals surface area contributed by atoms with Crippen LogP contribution in [-0.4, -0.2) is 17.4 Å². The molecule has 19 heavy (non-hydrogen) atoms. The van der Waals surface area contributed by atoms with Crippen LogP contribution < -0.4 is 5.32 Å². The highest BCUT2D eigenvalue weighted by Gasteiger charge is 2.08. The maximum absolute atomic E-state index is 5.82.